The topological polar surface area (TPSA) is 161 Å². The molecule has 1 fully saturated rings. The minimum atomic E-state index is -1.67. The second-order valence-corrected chi connectivity index (χ2v) is 8.29. The zero-order chi connectivity index (χ0) is 24.8. The van der Waals surface area contributed by atoms with Crippen LogP contribution in [0.2, 0.25) is 0 Å². The molecule has 0 aliphatic carbocycles. The van der Waals surface area contributed by atoms with Crippen molar-refractivity contribution in [3.63, 3.8) is 0 Å². The van der Waals surface area contributed by atoms with Crippen molar-refractivity contribution in [2.75, 3.05) is 20.3 Å². The predicted molar refractivity (Wildman–Crippen MR) is 112 cm³/mol. The summed E-state index contributed by atoms with van der Waals surface area (Å²) in [5.74, 6) is -2.78. The molecular formula is C22H34O11. The number of methoxy groups -OCH3 is 1. The lowest BCUT2D eigenvalue weighted by atomic mass is 9.81. The summed E-state index contributed by atoms with van der Waals surface area (Å²) < 4.78 is 26.8. The lowest BCUT2D eigenvalue weighted by molar-refractivity contribution is -0.363. The molecule has 188 valence electrons. The first-order valence-corrected chi connectivity index (χ1v) is 10.8. The van der Waals surface area contributed by atoms with Crippen molar-refractivity contribution < 1.29 is 53.7 Å². The van der Waals surface area contributed by atoms with Gasteiger partial charge in [-0.15, -0.1) is 6.58 Å². The molecular weight excluding hydrogens is 440 g/mol. The second-order valence-electron chi connectivity index (χ2n) is 8.29. The van der Waals surface area contributed by atoms with Crippen molar-refractivity contribution in [1.29, 1.82) is 0 Å². The van der Waals surface area contributed by atoms with E-state index in [9.17, 15) is 30.0 Å². The van der Waals surface area contributed by atoms with Crippen molar-refractivity contribution in [2.45, 2.75) is 69.6 Å². The summed E-state index contributed by atoms with van der Waals surface area (Å²) in [5.41, 5.74) is -1.53. The maximum atomic E-state index is 12.4. The van der Waals surface area contributed by atoms with Gasteiger partial charge in [0.15, 0.2) is 6.29 Å². The minimum Gasteiger partial charge on any atom is -0.471 e. The highest BCUT2D eigenvalue weighted by atomic mass is 16.8. The van der Waals surface area contributed by atoms with Crippen molar-refractivity contribution in [2.24, 2.45) is 11.8 Å². The molecule has 0 aromatic heterocycles. The number of unbranched alkanes of at least 4 members (excludes halogenated alkanes) is 1. The van der Waals surface area contributed by atoms with E-state index in [0.717, 1.165) is 12.7 Å². The first-order valence-electron chi connectivity index (χ1n) is 10.8. The Kier molecular flexibility index (Phi) is 9.83. The molecule has 0 amide bonds. The Morgan fingerprint density at radius 1 is 1.24 bits per heavy atom. The summed E-state index contributed by atoms with van der Waals surface area (Å²) >= 11 is 0. The number of hydrogen-bond donors (Lipinski definition) is 4. The highest BCUT2D eigenvalue weighted by molar-refractivity contribution is 5.90. The highest BCUT2D eigenvalue weighted by Gasteiger charge is 2.53. The van der Waals surface area contributed by atoms with Crippen molar-refractivity contribution in [3.8, 4) is 0 Å². The van der Waals surface area contributed by atoms with Gasteiger partial charge in [-0.1, -0.05) is 19.4 Å². The molecule has 0 saturated carbocycles. The molecule has 33 heavy (non-hydrogen) atoms. The van der Waals surface area contributed by atoms with Crippen LogP contribution in [0.15, 0.2) is 24.5 Å². The first-order chi connectivity index (χ1) is 15.6. The molecule has 2 heterocycles. The van der Waals surface area contributed by atoms with Gasteiger partial charge in [-0.2, -0.15) is 0 Å². The van der Waals surface area contributed by atoms with E-state index in [1.807, 2.05) is 6.92 Å². The number of carbonyl (C=O) groups is 2. The van der Waals surface area contributed by atoms with E-state index < -0.39 is 66.9 Å². The van der Waals surface area contributed by atoms with E-state index in [-0.39, 0.29) is 18.6 Å². The number of carbonyl (C=O) groups excluding carboxylic acids is 2. The lowest BCUT2D eigenvalue weighted by Gasteiger charge is -2.47. The van der Waals surface area contributed by atoms with Crippen LogP contribution in [0.4, 0.5) is 0 Å². The second kappa shape index (κ2) is 11.9. The summed E-state index contributed by atoms with van der Waals surface area (Å²) in [6, 6.07) is 0. The molecule has 8 unspecified atom stereocenters. The Morgan fingerprint density at radius 2 is 1.94 bits per heavy atom. The molecule has 2 aliphatic heterocycles. The first kappa shape index (κ1) is 27.2. The van der Waals surface area contributed by atoms with Gasteiger partial charge in [0.2, 0.25) is 6.29 Å². The van der Waals surface area contributed by atoms with Crippen LogP contribution in [0, 0.1) is 11.8 Å². The van der Waals surface area contributed by atoms with Gasteiger partial charge in [0.25, 0.3) is 0 Å². The predicted octanol–water partition coefficient (Wildman–Crippen LogP) is -0.242. The van der Waals surface area contributed by atoms with Crippen LogP contribution in [0.3, 0.4) is 0 Å². The molecule has 2 aliphatic rings. The maximum absolute atomic E-state index is 12.4. The smallest absolute Gasteiger partial charge is 0.337 e. The lowest BCUT2D eigenvalue weighted by Crippen LogP contribution is -2.65. The van der Waals surface area contributed by atoms with Crippen LogP contribution in [0.5, 0.6) is 0 Å². The van der Waals surface area contributed by atoms with Crippen LogP contribution in [0.25, 0.3) is 0 Å². The van der Waals surface area contributed by atoms with Gasteiger partial charge in [-0.25, -0.2) is 4.79 Å². The Hall–Kier alpha value is -2.02. The van der Waals surface area contributed by atoms with Gasteiger partial charge in [-0.3, -0.25) is 4.79 Å². The van der Waals surface area contributed by atoms with Gasteiger partial charge in [0, 0.05) is 11.8 Å². The van der Waals surface area contributed by atoms with Gasteiger partial charge in [0.05, 0.1) is 38.6 Å². The molecule has 0 bridgehead atoms. The number of hydrogen-bond acceptors (Lipinski definition) is 11. The van der Waals surface area contributed by atoms with E-state index in [1.54, 1.807) is 0 Å². The van der Waals surface area contributed by atoms with Crippen LogP contribution in [-0.4, -0.2) is 89.2 Å². The maximum Gasteiger partial charge on any atom is 0.337 e. The minimum absolute atomic E-state index is 0.0791. The monoisotopic (exact) mass is 474 g/mol. The Morgan fingerprint density at radius 3 is 2.52 bits per heavy atom. The van der Waals surface area contributed by atoms with Gasteiger partial charge < -0.3 is 44.1 Å². The highest BCUT2D eigenvalue weighted by Crippen LogP contribution is 2.38. The molecule has 4 N–H and O–H groups in total. The van der Waals surface area contributed by atoms with Crippen LogP contribution in [0.1, 0.15) is 33.1 Å². The Balaban J connectivity index is 2.25. The van der Waals surface area contributed by atoms with Gasteiger partial charge in [-0.05, 0) is 13.3 Å². The summed E-state index contributed by atoms with van der Waals surface area (Å²) in [5, 5.41) is 40.3. The zero-order valence-corrected chi connectivity index (χ0v) is 19.1. The zero-order valence-electron chi connectivity index (χ0n) is 19.1. The van der Waals surface area contributed by atoms with Crippen LogP contribution < -0.4 is 0 Å². The third-order valence-electron chi connectivity index (χ3n) is 5.89. The van der Waals surface area contributed by atoms with Gasteiger partial charge in [0.1, 0.15) is 23.9 Å². The SMILES string of the molecule is C=CC1C(OC2OC(C)(CO)C(O)C(O)C2O)OC=C(C(=O)OC)C1CC(=O)OCCCC. The van der Waals surface area contributed by atoms with Crippen molar-refractivity contribution in [1.82, 2.24) is 0 Å². The summed E-state index contributed by atoms with van der Waals surface area (Å²) in [4.78, 5) is 24.7. The van der Waals surface area contributed by atoms with Crippen molar-refractivity contribution >= 4 is 11.9 Å². The molecule has 11 nitrogen and oxygen atoms in total. The quantitative estimate of drug-likeness (QED) is 0.188. The Bertz CT molecular complexity index is 723. The third kappa shape index (κ3) is 6.11. The summed E-state index contributed by atoms with van der Waals surface area (Å²) in [6.07, 6.45) is -3.71. The number of aliphatic hydroxyl groups is 4. The van der Waals surface area contributed by atoms with Crippen LogP contribution >= 0.6 is 0 Å². The average molecular weight is 475 g/mol. The number of ether oxygens (including phenoxy) is 5. The molecule has 8 atom stereocenters. The number of rotatable bonds is 10. The largest absolute Gasteiger partial charge is 0.471 e. The molecule has 0 aromatic rings. The van der Waals surface area contributed by atoms with Gasteiger partial charge >= 0.3 is 11.9 Å². The molecule has 2 rings (SSSR count). The standard InChI is InChI=1S/C22H34O11/c1-5-7-8-30-15(24)9-13-12(6-2)20(31-10-14(13)19(28)29-4)32-21-17(26)16(25)18(27)22(3,11-23)33-21/h6,10,12-13,16-18,20-21,23,25-27H,2,5,7-9,11H2,1,3-4H3. The number of aliphatic hydroxyl groups excluding tert-OH is 4. The number of esters is 2. The van der Waals surface area contributed by atoms with E-state index >= 15 is 0 Å². The summed E-state index contributed by atoms with van der Waals surface area (Å²) in [7, 11) is 1.19. The fourth-order valence-electron chi connectivity index (χ4n) is 3.73. The molecule has 1 saturated heterocycles. The fraction of sp³-hybridized carbons (Fsp3) is 0.727. The third-order valence-corrected chi connectivity index (χ3v) is 5.89. The van der Waals surface area contributed by atoms with E-state index in [4.69, 9.17) is 23.7 Å². The summed E-state index contributed by atoms with van der Waals surface area (Å²) in [6.45, 7) is 6.64. The molecule has 0 radical (unpaired) electrons. The molecule has 0 spiro atoms. The van der Waals surface area contributed by atoms with Crippen LogP contribution in [-0.2, 0) is 33.3 Å². The average Bonchev–Trinajstić information content (AvgIpc) is 2.81. The molecule has 11 heteroatoms. The normalized spacial score (nSPS) is 36.3. The van der Waals surface area contributed by atoms with E-state index in [2.05, 4.69) is 6.58 Å². The Labute approximate surface area is 192 Å². The van der Waals surface area contributed by atoms with E-state index in [0.29, 0.717) is 6.42 Å². The fourth-order valence-corrected chi connectivity index (χ4v) is 3.73. The van der Waals surface area contributed by atoms with E-state index in [1.165, 1.54) is 20.1 Å². The van der Waals surface area contributed by atoms with Crippen molar-refractivity contribution in [3.05, 3.63) is 24.5 Å². The molecule has 0 aromatic carbocycles.